The molecule has 1 aromatic heterocycles. The summed E-state index contributed by atoms with van der Waals surface area (Å²) in [6, 6.07) is 2.29. The Kier molecular flexibility index (Phi) is 7.28. The third-order valence-corrected chi connectivity index (χ3v) is 3.44. The molecular weight excluding hydrogens is 293 g/mol. The average Bonchev–Trinajstić information content (AvgIpc) is 2.41. The number of nitrogens with one attached hydrogen (secondary N) is 1. The maximum atomic E-state index is 12.3. The lowest BCUT2D eigenvalue weighted by Gasteiger charge is -2.11. The van der Waals surface area contributed by atoms with Gasteiger partial charge in [-0.1, -0.05) is 0 Å². The highest BCUT2D eigenvalue weighted by Gasteiger charge is 2.30. The molecule has 1 rings (SSSR count). The van der Waals surface area contributed by atoms with Gasteiger partial charge in [0, 0.05) is 32.1 Å². The van der Waals surface area contributed by atoms with Gasteiger partial charge in [-0.05, 0) is 12.1 Å². The smallest absolute Gasteiger partial charge is 0.391 e. The highest BCUT2D eigenvalue weighted by atomic mass is 32.2. The van der Waals surface area contributed by atoms with E-state index in [0.29, 0.717) is 30.5 Å². The number of hydrogen-bond donors (Lipinski definition) is 2. The zero-order valence-electron chi connectivity index (χ0n) is 11.0. The molecule has 0 aliphatic heterocycles. The normalized spacial score (nSPS) is 13.4. The molecule has 114 valence electrons. The Labute approximate surface area is 119 Å². The Balaban J connectivity index is 2.31. The summed E-state index contributed by atoms with van der Waals surface area (Å²) >= 11 is 1.21. The molecule has 1 unspecified atom stereocenters. The molecule has 0 amide bonds. The van der Waals surface area contributed by atoms with Crippen LogP contribution in [-0.4, -0.2) is 48.8 Å². The van der Waals surface area contributed by atoms with Crippen LogP contribution in [0.3, 0.4) is 0 Å². The van der Waals surface area contributed by atoms with E-state index in [1.54, 1.807) is 7.11 Å². The highest BCUT2D eigenvalue weighted by molar-refractivity contribution is 7.99. The minimum absolute atomic E-state index is 0.359. The predicted molar refractivity (Wildman–Crippen MR) is 70.7 cm³/mol. The lowest BCUT2D eigenvalue weighted by molar-refractivity contribution is -0.137. The fraction of sp³-hybridized carbons (Fsp3) is 0.583. The summed E-state index contributed by atoms with van der Waals surface area (Å²) in [4.78, 5) is 3.72. The summed E-state index contributed by atoms with van der Waals surface area (Å²) in [5.74, 6) is 0.359. The van der Waals surface area contributed by atoms with Gasteiger partial charge >= 0.3 is 6.18 Å². The molecule has 2 N–H and O–H groups in total. The molecule has 1 aromatic rings. The van der Waals surface area contributed by atoms with Crippen molar-refractivity contribution in [3.8, 4) is 0 Å². The van der Waals surface area contributed by atoms with Gasteiger partial charge in [-0.2, -0.15) is 13.2 Å². The Hall–Kier alpha value is -0.830. The van der Waals surface area contributed by atoms with E-state index < -0.39 is 17.8 Å². The predicted octanol–water partition coefficient (Wildman–Crippen LogP) is 1.79. The number of hydrogen-bond acceptors (Lipinski definition) is 5. The van der Waals surface area contributed by atoms with Crippen LogP contribution >= 0.6 is 11.8 Å². The first-order valence-electron chi connectivity index (χ1n) is 5.97. The number of nitrogens with zero attached hydrogens (tertiary/aromatic N) is 1. The summed E-state index contributed by atoms with van der Waals surface area (Å²) in [6.07, 6.45) is -4.17. The molecule has 8 heteroatoms. The van der Waals surface area contributed by atoms with Gasteiger partial charge in [0.2, 0.25) is 0 Å². The van der Waals surface area contributed by atoms with E-state index in [4.69, 9.17) is 4.74 Å². The first kappa shape index (κ1) is 17.2. The Morgan fingerprint density at radius 2 is 2.20 bits per heavy atom. The van der Waals surface area contributed by atoms with Gasteiger partial charge in [-0.25, -0.2) is 4.98 Å². The molecule has 0 fully saturated rings. The van der Waals surface area contributed by atoms with E-state index in [9.17, 15) is 18.3 Å². The zero-order valence-corrected chi connectivity index (χ0v) is 11.8. The van der Waals surface area contributed by atoms with Crippen LogP contribution in [0.25, 0.3) is 0 Å². The van der Waals surface area contributed by atoms with Gasteiger partial charge in [-0.3, -0.25) is 0 Å². The molecule has 0 aromatic carbocycles. The summed E-state index contributed by atoms with van der Waals surface area (Å²) in [6.45, 7) is 1.59. The highest BCUT2D eigenvalue weighted by Crippen LogP contribution is 2.29. The van der Waals surface area contributed by atoms with E-state index in [0.717, 1.165) is 12.3 Å². The fourth-order valence-electron chi connectivity index (χ4n) is 1.32. The molecule has 0 spiro atoms. The van der Waals surface area contributed by atoms with Crippen molar-refractivity contribution >= 4 is 11.8 Å². The average molecular weight is 310 g/mol. The molecule has 0 bridgehead atoms. The second-order valence-electron chi connectivity index (χ2n) is 4.04. The van der Waals surface area contributed by atoms with Crippen LogP contribution in [0.2, 0.25) is 0 Å². The molecule has 1 atom stereocenters. The molecule has 0 aliphatic rings. The monoisotopic (exact) mass is 310 g/mol. The minimum Gasteiger partial charge on any atom is -0.391 e. The summed E-state index contributed by atoms with van der Waals surface area (Å²) < 4.78 is 41.8. The lowest BCUT2D eigenvalue weighted by Crippen LogP contribution is -2.30. The van der Waals surface area contributed by atoms with Crippen LogP contribution in [-0.2, 0) is 10.9 Å². The maximum absolute atomic E-state index is 12.3. The molecule has 4 nitrogen and oxygen atoms in total. The SMILES string of the molecule is COCCNCC(O)CSc1ccc(C(F)(F)F)cn1. The first-order chi connectivity index (χ1) is 9.43. The maximum Gasteiger partial charge on any atom is 0.417 e. The summed E-state index contributed by atoms with van der Waals surface area (Å²) in [5.41, 5.74) is -0.774. The number of aliphatic hydroxyl groups excluding tert-OH is 1. The molecule has 20 heavy (non-hydrogen) atoms. The van der Waals surface area contributed by atoms with Crippen molar-refractivity contribution in [1.29, 1.82) is 0 Å². The van der Waals surface area contributed by atoms with Gasteiger partial charge < -0.3 is 15.2 Å². The largest absolute Gasteiger partial charge is 0.417 e. The zero-order chi connectivity index (χ0) is 15.0. The number of alkyl halides is 3. The van der Waals surface area contributed by atoms with Crippen LogP contribution in [0.5, 0.6) is 0 Å². The van der Waals surface area contributed by atoms with Gasteiger partial charge in [-0.15, -0.1) is 11.8 Å². The third kappa shape index (κ3) is 6.56. The van der Waals surface area contributed by atoms with Crippen molar-refractivity contribution in [2.24, 2.45) is 0 Å². The number of thioether (sulfide) groups is 1. The summed E-state index contributed by atoms with van der Waals surface area (Å²) in [7, 11) is 1.59. The van der Waals surface area contributed by atoms with Crippen LogP contribution in [0.15, 0.2) is 23.4 Å². The van der Waals surface area contributed by atoms with Crippen molar-refractivity contribution < 1.29 is 23.0 Å². The number of methoxy groups -OCH3 is 1. The van der Waals surface area contributed by atoms with Crippen molar-refractivity contribution in [3.05, 3.63) is 23.9 Å². The Morgan fingerprint density at radius 1 is 1.45 bits per heavy atom. The molecule has 0 radical (unpaired) electrons. The lowest BCUT2D eigenvalue weighted by atomic mass is 10.3. The third-order valence-electron chi connectivity index (χ3n) is 2.35. The van der Waals surface area contributed by atoms with E-state index >= 15 is 0 Å². The van der Waals surface area contributed by atoms with Gasteiger partial charge in [0.15, 0.2) is 0 Å². The molecule has 0 saturated heterocycles. The number of pyridine rings is 1. The molecular formula is C12H17F3N2O2S. The van der Waals surface area contributed by atoms with E-state index in [1.807, 2.05) is 0 Å². The van der Waals surface area contributed by atoms with Crippen molar-refractivity contribution in [2.75, 3.05) is 32.6 Å². The van der Waals surface area contributed by atoms with Crippen LogP contribution in [0, 0.1) is 0 Å². The van der Waals surface area contributed by atoms with Crippen LogP contribution in [0.4, 0.5) is 13.2 Å². The number of aromatic nitrogens is 1. The van der Waals surface area contributed by atoms with E-state index in [1.165, 1.54) is 17.8 Å². The van der Waals surface area contributed by atoms with Crippen molar-refractivity contribution in [2.45, 2.75) is 17.3 Å². The molecule has 1 heterocycles. The second-order valence-corrected chi connectivity index (χ2v) is 5.08. The fourth-order valence-corrected chi connectivity index (χ4v) is 2.09. The Bertz CT molecular complexity index is 387. The second kappa shape index (κ2) is 8.46. The van der Waals surface area contributed by atoms with Crippen molar-refractivity contribution in [3.63, 3.8) is 0 Å². The van der Waals surface area contributed by atoms with Gasteiger partial charge in [0.1, 0.15) is 0 Å². The van der Waals surface area contributed by atoms with Gasteiger partial charge in [0.25, 0.3) is 0 Å². The number of aliphatic hydroxyl groups is 1. The molecule has 0 aliphatic carbocycles. The van der Waals surface area contributed by atoms with Gasteiger partial charge in [0.05, 0.1) is 23.3 Å². The standard InChI is InChI=1S/C12H17F3N2O2S/c1-19-5-4-16-7-10(18)8-20-11-3-2-9(6-17-11)12(13,14)15/h2-3,6,10,16,18H,4-5,7-8H2,1H3. The summed E-state index contributed by atoms with van der Waals surface area (Å²) in [5, 5.41) is 13.1. The quantitative estimate of drug-likeness (QED) is 0.566. The van der Waals surface area contributed by atoms with E-state index in [2.05, 4.69) is 10.3 Å². The van der Waals surface area contributed by atoms with E-state index in [-0.39, 0.29) is 0 Å². The Morgan fingerprint density at radius 3 is 2.75 bits per heavy atom. The minimum atomic E-state index is -4.37. The van der Waals surface area contributed by atoms with Crippen molar-refractivity contribution in [1.82, 2.24) is 10.3 Å². The van der Waals surface area contributed by atoms with Crippen LogP contribution in [0.1, 0.15) is 5.56 Å². The number of ether oxygens (including phenoxy) is 1. The molecule has 0 saturated carbocycles. The number of halogens is 3. The first-order valence-corrected chi connectivity index (χ1v) is 6.96. The topological polar surface area (TPSA) is 54.4 Å². The number of rotatable bonds is 8. The van der Waals surface area contributed by atoms with Crippen LogP contribution < -0.4 is 5.32 Å².